The third kappa shape index (κ3) is 2.25. The molecule has 16 heavy (non-hydrogen) atoms. The van der Waals surface area contributed by atoms with Crippen molar-refractivity contribution in [1.82, 2.24) is 15.2 Å². The quantitative estimate of drug-likeness (QED) is 0.803. The van der Waals surface area contributed by atoms with Crippen LogP contribution in [0.2, 0.25) is 0 Å². The number of nitrogens with zero attached hydrogens (tertiary/aromatic N) is 2. The van der Waals surface area contributed by atoms with Gasteiger partial charge in [0, 0.05) is 25.2 Å². The van der Waals surface area contributed by atoms with Crippen molar-refractivity contribution in [2.75, 3.05) is 19.6 Å². The highest BCUT2D eigenvalue weighted by atomic mass is 32.1. The van der Waals surface area contributed by atoms with Crippen molar-refractivity contribution in [3.63, 3.8) is 0 Å². The normalized spacial score (nSPS) is 19.8. The molecule has 0 atom stereocenters. The molecule has 2 heterocycles. The first-order chi connectivity index (χ1) is 7.49. The van der Waals surface area contributed by atoms with Crippen LogP contribution < -0.4 is 5.32 Å². The molecular weight excluding hydrogens is 222 g/mol. The van der Waals surface area contributed by atoms with E-state index < -0.39 is 0 Å². The zero-order valence-electron chi connectivity index (χ0n) is 9.91. The zero-order valence-corrected chi connectivity index (χ0v) is 10.7. The molecule has 1 saturated heterocycles. The highest BCUT2D eigenvalue weighted by molar-refractivity contribution is 7.11. The summed E-state index contributed by atoms with van der Waals surface area (Å²) >= 11 is 1.43. The van der Waals surface area contributed by atoms with Gasteiger partial charge in [-0.05, 0) is 20.8 Å². The largest absolute Gasteiger partial charge is 0.335 e. The second kappa shape index (κ2) is 4.14. The molecule has 1 aromatic heterocycles. The number of thiazole rings is 1. The van der Waals surface area contributed by atoms with Crippen LogP contribution in [0.25, 0.3) is 0 Å². The number of hydrogen-bond donors (Lipinski definition) is 1. The second-order valence-corrected chi connectivity index (χ2v) is 5.66. The van der Waals surface area contributed by atoms with Gasteiger partial charge in [-0.25, -0.2) is 4.98 Å². The summed E-state index contributed by atoms with van der Waals surface area (Å²) in [5.41, 5.74) is 2.58. The third-order valence-electron chi connectivity index (χ3n) is 2.80. The van der Waals surface area contributed by atoms with Crippen LogP contribution in [0.15, 0.2) is 5.51 Å². The summed E-state index contributed by atoms with van der Waals surface area (Å²) in [7, 11) is 0. The number of carbonyl (C=O) groups excluding carboxylic acids is 1. The summed E-state index contributed by atoms with van der Waals surface area (Å²) < 4.78 is 0. The number of hydrogen-bond acceptors (Lipinski definition) is 4. The molecule has 1 aliphatic heterocycles. The first-order valence-electron chi connectivity index (χ1n) is 5.44. The molecule has 0 unspecified atom stereocenters. The van der Waals surface area contributed by atoms with Crippen molar-refractivity contribution >= 4 is 17.2 Å². The minimum atomic E-state index is 0.00645. The number of aromatic nitrogens is 1. The molecule has 4 nitrogen and oxygen atoms in total. The van der Waals surface area contributed by atoms with Crippen LogP contribution in [0.1, 0.15) is 29.2 Å². The summed E-state index contributed by atoms with van der Waals surface area (Å²) in [6, 6.07) is 0. The first kappa shape index (κ1) is 11.5. The fourth-order valence-electron chi connectivity index (χ4n) is 1.97. The Kier molecular flexibility index (Phi) is 2.99. The predicted molar refractivity (Wildman–Crippen MR) is 64.8 cm³/mol. The van der Waals surface area contributed by atoms with E-state index in [0.717, 1.165) is 30.2 Å². The van der Waals surface area contributed by atoms with E-state index in [-0.39, 0.29) is 11.4 Å². The molecule has 1 aliphatic rings. The lowest BCUT2D eigenvalue weighted by molar-refractivity contribution is 0.0656. The van der Waals surface area contributed by atoms with E-state index >= 15 is 0 Å². The van der Waals surface area contributed by atoms with E-state index in [4.69, 9.17) is 0 Å². The molecule has 0 bridgehead atoms. The fourth-order valence-corrected chi connectivity index (χ4v) is 2.73. The average molecular weight is 239 g/mol. The Morgan fingerprint density at radius 3 is 2.94 bits per heavy atom. The molecule has 1 N–H and O–H groups in total. The molecule has 2 rings (SSSR count). The maximum absolute atomic E-state index is 12.2. The second-order valence-electron chi connectivity index (χ2n) is 4.80. The highest BCUT2D eigenvalue weighted by Gasteiger charge is 2.30. The molecule has 1 fully saturated rings. The van der Waals surface area contributed by atoms with Gasteiger partial charge in [0.2, 0.25) is 0 Å². The Balaban J connectivity index is 2.14. The van der Waals surface area contributed by atoms with Gasteiger partial charge in [-0.2, -0.15) is 0 Å². The zero-order chi connectivity index (χ0) is 11.8. The van der Waals surface area contributed by atoms with Gasteiger partial charge in [0.05, 0.1) is 11.2 Å². The minimum absolute atomic E-state index is 0.00645. The molecule has 1 amide bonds. The fraction of sp³-hybridized carbons (Fsp3) is 0.636. The van der Waals surface area contributed by atoms with Gasteiger partial charge in [-0.3, -0.25) is 4.79 Å². The molecule has 0 saturated carbocycles. The molecule has 5 heteroatoms. The Morgan fingerprint density at radius 2 is 2.38 bits per heavy atom. The number of carbonyl (C=O) groups is 1. The van der Waals surface area contributed by atoms with Crippen molar-refractivity contribution in [2.24, 2.45) is 0 Å². The van der Waals surface area contributed by atoms with Crippen LogP contribution in [0.5, 0.6) is 0 Å². The number of nitrogens with one attached hydrogen (secondary N) is 1. The highest BCUT2D eigenvalue weighted by Crippen LogP contribution is 2.18. The molecule has 0 spiro atoms. The maximum atomic E-state index is 12.2. The Morgan fingerprint density at radius 1 is 1.62 bits per heavy atom. The predicted octanol–water partition coefficient (Wildman–Crippen LogP) is 1.28. The summed E-state index contributed by atoms with van der Waals surface area (Å²) in [6.45, 7) is 8.51. The lowest BCUT2D eigenvalue weighted by atomic mass is 10.0. The van der Waals surface area contributed by atoms with Crippen LogP contribution in [0, 0.1) is 6.92 Å². The summed E-state index contributed by atoms with van der Waals surface area (Å²) in [4.78, 5) is 19.1. The van der Waals surface area contributed by atoms with E-state index in [1.165, 1.54) is 11.3 Å². The van der Waals surface area contributed by atoms with Crippen LogP contribution in [-0.2, 0) is 0 Å². The number of aryl methyl sites for hydroxylation is 1. The van der Waals surface area contributed by atoms with Gasteiger partial charge in [-0.1, -0.05) is 0 Å². The van der Waals surface area contributed by atoms with Crippen LogP contribution in [0.4, 0.5) is 0 Å². The van der Waals surface area contributed by atoms with Crippen LogP contribution in [0.3, 0.4) is 0 Å². The number of amides is 1. The van der Waals surface area contributed by atoms with E-state index in [9.17, 15) is 4.79 Å². The topological polar surface area (TPSA) is 45.2 Å². The van der Waals surface area contributed by atoms with Crippen LogP contribution >= 0.6 is 11.3 Å². The van der Waals surface area contributed by atoms with Gasteiger partial charge >= 0.3 is 0 Å². The molecule has 0 aromatic carbocycles. The van der Waals surface area contributed by atoms with Gasteiger partial charge < -0.3 is 10.2 Å². The lowest BCUT2D eigenvalue weighted by Gasteiger charge is -2.39. The molecule has 0 radical (unpaired) electrons. The number of rotatable bonds is 1. The Labute approximate surface area is 99.7 Å². The Hall–Kier alpha value is -0.940. The Bertz CT molecular complexity index is 400. The standard InChI is InChI=1S/C11H17N3OS/c1-8-9(16-7-12-8)10(15)14-5-4-13-11(2,3)6-14/h7,13H,4-6H2,1-3H3. The monoisotopic (exact) mass is 239 g/mol. The number of piperazine rings is 1. The SMILES string of the molecule is Cc1ncsc1C(=O)N1CCNC(C)(C)C1. The van der Waals surface area contributed by atoms with Crippen LogP contribution in [-0.4, -0.2) is 41.0 Å². The summed E-state index contributed by atoms with van der Waals surface area (Å²) in [5.74, 6) is 0.120. The third-order valence-corrected chi connectivity index (χ3v) is 3.71. The van der Waals surface area contributed by atoms with E-state index in [0.29, 0.717) is 0 Å². The first-order valence-corrected chi connectivity index (χ1v) is 6.32. The van der Waals surface area contributed by atoms with E-state index in [1.807, 2.05) is 11.8 Å². The van der Waals surface area contributed by atoms with Crippen molar-refractivity contribution in [3.8, 4) is 0 Å². The molecular formula is C11H17N3OS. The molecule has 0 aliphatic carbocycles. The lowest BCUT2D eigenvalue weighted by Crippen LogP contribution is -2.58. The maximum Gasteiger partial charge on any atom is 0.265 e. The van der Waals surface area contributed by atoms with E-state index in [1.54, 1.807) is 5.51 Å². The van der Waals surface area contributed by atoms with Crippen molar-refractivity contribution < 1.29 is 4.79 Å². The van der Waals surface area contributed by atoms with Crippen molar-refractivity contribution in [3.05, 3.63) is 16.1 Å². The van der Waals surface area contributed by atoms with Gasteiger partial charge in [0.15, 0.2) is 0 Å². The minimum Gasteiger partial charge on any atom is -0.335 e. The smallest absolute Gasteiger partial charge is 0.265 e. The van der Waals surface area contributed by atoms with Gasteiger partial charge in [0.1, 0.15) is 4.88 Å². The molecule has 1 aromatic rings. The van der Waals surface area contributed by atoms with Crippen molar-refractivity contribution in [2.45, 2.75) is 26.3 Å². The van der Waals surface area contributed by atoms with Gasteiger partial charge in [0.25, 0.3) is 5.91 Å². The average Bonchev–Trinajstić information content (AvgIpc) is 2.62. The summed E-state index contributed by atoms with van der Waals surface area (Å²) in [5, 5.41) is 3.40. The van der Waals surface area contributed by atoms with Gasteiger partial charge in [-0.15, -0.1) is 11.3 Å². The van der Waals surface area contributed by atoms with E-state index in [2.05, 4.69) is 24.1 Å². The summed E-state index contributed by atoms with van der Waals surface area (Å²) in [6.07, 6.45) is 0. The van der Waals surface area contributed by atoms with Crippen molar-refractivity contribution in [1.29, 1.82) is 0 Å². The molecule has 88 valence electrons.